The summed E-state index contributed by atoms with van der Waals surface area (Å²) in [4.78, 5) is 47.2. The molecule has 2 atom stereocenters. The van der Waals surface area contributed by atoms with Crippen molar-refractivity contribution in [1.29, 1.82) is 0 Å². The van der Waals surface area contributed by atoms with Crippen molar-refractivity contribution in [2.75, 3.05) is 16.8 Å². The second kappa shape index (κ2) is 11.4. The number of benzene rings is 2. The lowest BCUT2D eigenvalue weighted by molar-refractivity contribution is -0.137. The van der Waals surface area contributed by atoms with Gasteiger partial charge < -0.3 is 20.9 Å². The molecule has 2 aliphatic heterocycles. The topological polar surface area (TPSA) is 152 Å². The van der Waals surface area contributed by atoms with Gasteiger partial charge in [0.2, 0.25) is 11.8 Å². The smallest absolute Gasteiger partial charge is 0.269 e. The van der Waals surface area contributed by atoms with Crippen LogP contribution in [0.3, 0.4) is 0 Å². The number of hydrogen-bond donors (Lipinski definition) is 2. The lowest BCUT2D eigenvalue weighted by Crippen LogP contribution is -2.44. The van der Waals surface area contributed by atoms with Gasteiger partial charge in [-0.3, -0.25) is 19.1 Å². The maximum atomic E-state index is 14.8. The fourth-order valence-corrected chi connectivity index (χ4v) is 6.11. The molecule has 13 heteroatoms. The van der Waals surface area contributed by atoms with Crippen LogP contribution in [0.5, 0.6) is 0 Å². The van der Waals surface area contributed by atoms with E-state index in [1.165, 1.54) is 9.58 Å². The normalized spacial score (nSPS) is 17.4. The number of likely N-dealkylation sites (tertiary alicyclic amines) is 1. The number of fused-ring (bicyclic) bond motifs is 2. The van der Waals surface area contributed by atoms with Gasteiger partial charge >= 0.3 is 0 Å². The van der Waals surface area contributed by atoms with Crippen LogP contribution in [-0.4, -0.2) is 66.3 Å². The van der Waals surface area contributed by atoms with E-state index in [0.717, 1.165) is 28.1 Å². The summed E-state index contributed by atoms with van der Waals surface area (Å²) in [6, 6.07) is 17.4. The molecule has 0 unspecified atom stereocenters. The van der Waals surface area contributed by atoms with E-state index in [4.69, 9.17) is 5.73 Å². The summed E-state index contributed by atoms with van der Waals surface area (Å²) >= 11 is 0. The molecule has 0 bridgehead atoms. The first kappa shape index (κ1) is 28.1. The summed E-state index contributed by atoms with van der Waals surface area (Å²) < 4.78 is 16.1. The Hall–Kier alpha value is -5.72. The molecule has 1 fully saturated rings. The molecule has 2 aliphatic rings. The number of primary amides is 1. The lowest BCUT2D eigenvalue weighted by Gasteiger charge is -2.24. The standard InChI is InChI=1S/C32H28FN9O3/c33-22-13-27(32(45)38-25-5-3-4-21-15-40(17-24(21)25)28-6-1-2-10-35-28)41(16-22)29(43)18-42-26-8-7-19(20-9-11-36-37-14-20)12-23(26)30(39-42)31(34)44/h1-12,14,22,27H,13,15-18H2,(H2,34,44)(H,38,45)/t22-,27+/m1/s1. The Balaban J connectivity index is 1.11. The summed E-state index contributed by atoms with van der Waals surface area (Å²) in [5.41, 5.74) is 10.3. The van der Waals surface area contributed by atoms with E-state index in [9.17, 15) is 18.8 Å². The molecule has 45 heavy (non-hydrogen) atoms. The molecule has 226 valence electrons. The fraction of sp³-hybridized carbons (Fsp3) is 0.219. The minimum Gasteiger partial charge on any atom is -0.364 e. The van der Waals surface area contributed by atoms with Crippen LogP contribution in [0.4, 0.5) is 15.9 Å². The molecule has 12 nitrogen and oxygen atoms in total. The molecular weight excluding hydrogens is 577 g/mol. The molecule has 5 heterocycles. The first-order valence-electron chi connectivity index (χ1n) is 14.4. The maximum absolute atomic E-state index is 14.8. The highest BCUT2D eigenvalue weighted by molar-refractivity contribution is 6.05. The summed E-state index contributed by atoms with van der Waals surface area (Å²) in [5, 5.41) is 15.4. The van der Waals surface area contributed by atoms with E-state index in [2.05, 4.69) is 30.5 Å². The van der Waals surface area contributed by atoms with Crippen molar-refractivity contribution >= 4 is 40.1 Å². The highest BCUT2D eigenvalue weighted by Gasteiger charge is 2.40. The molecule has 5 aromatic rings. The maximum Gasteiger partial charge on any atom is 0.269 e. The summed E-state index contributed by atoms with van der Waals surface area (Å²) in [7, 11) is 0. The number of anilines is 2. The van der Waals surface area contributed by atoms with Gasteiger partial charge in [0.1, 0.15) is 24.6 Å². The van der Waals surface area contributed by atoms with Crippen LogP contribution < -0.4 is 16.0 Å². The van der Waals surface area contributed by atoms with E-state index >= 15 is 0 Å². The Morgan fingerprint density at radius 1 is 0.978 bits per heavy atom. The van der Waals surface area contributed by atoms with Gasteiger partial charge in [0.05, 0.1) is 24.5 Å². The molecule has 0 radical (unpaired) electrons. The Labute approximate surface area is 256 Å². The second-order valence-electron chi connectivity index (χ2n) is 11.1. The zero-order chi connectivity index (χ0) is 31.1. The van der Waals surface area contributed by atoms with Gasteiger partial charge in [-0.05, 0) is 53.1 Å². The number of pyridine rings is 1. The summed E-state index contributed by atoms with van der Waals surface area (Å²) in [6.45, 7) is 0.660. The first-order valence-corrected chi connectivity index (χ1v) is 14.4. The Morgan fingerprint density at radius 3 is 2.64 bits per heavy atom. The van der Waals surface area contributed by atoms with Crippen LogP contribution in [0.1, 0.15) is 28.0 Å². The number of aromatic nitrogens is 5. The Bertz CT molecular complexity index is 1930. The molecule has 2 aromatic carbocycles. The second-order valence-corrected chi connectivity index (χ2v) is 11.1. The van der Waals surface area contributed by atoms with E-state index in [1.54, 1.807) is 36.8 Å². The number of carbonyl (C=O) groups is 3. The molecule has 0 spiro atoms. The monoisotopic (exact) mass is 605 g/mol. The molecule has 0 saturated carbocycles. The van der Waals surface area contributed by atoms with E-state index in [1.807, 2.05) is 42.5 Å². The van der Waals surface area contributed by atoms with Crippen LogP contribution in [-0.2, 0) is 29.2 Å². The van der Waals surface area contributed by atoms with Crippen molar-refractivity contribution in [3.63, 3.8) is 0 Å². The minimum absolute atomic E-state index is 0.00146. The van der Waals surface area contributed by atoms with Crippen molar-refractivity contribution < 1.29 is 18.8 Å². The van der Waals surface area contributed by atoms with Gasteiger partial charge in [-0.15, -0.1) is 0 Å². The molecule has 0 aliphatic carbocycles. The Kier molecular flexibility index (Phi) is 7.12. The van der Waals surface area contributed by atoms with Gasteiger partial charge in [0.15, 0.2) is 5.69 Å². The van der Waals surface area contributed by atoms with Crippen LogP contribution in [0.25, 0.3) is 22.0 Å². The Morgan fingerprint density at radius 2 is 1.87 bits per heavy atom. The highest BCUT2D eigenvalue weighted by atomic mass is 19.1. The summed E-state index contributed by atoms with van der Waals surface area (Å²) in [5.74, 6) is -0.893. The predicted octanol–water partition coefficient (Wildman–Crippen LogP) is 3.09. The minimum atomic E-state index is -1.36. The van der Waals surface area contributed by atoms with Crippen LogP contribution in [0, 0.1) is 0 Å². The first-order chi connectivity index (χ1) is 21.9. The van der Waals surface area contributed by atoms with Crippen LogP contribution in [0.15, 0.2) is 79.3 Å². The van der Waals surface area contributed by atoms with Crippen molar-refractivity contribution in [3.8, 4) is 11.1 Å². The fourth-order valence-electron chi connectivity index (χ4n) is 6.11. The predicted molar refractivity (Wildman–Crippen MR) is 163 cm³/mol. The van der Waals surface area contributed by atoms with Crippen molar-refractivity contribution in [1.82, 2.24) is 29.9 Å². The van der Waals surface area contributed by atoms with Crippen LogP contribution in [0.2, 0.25) is 0 Å². The van der Waals surface area contributed by atoms with Gasteiger partial charge in [0, 0.05) is 42.3 Å². The van der Waals surface area contributed by atoms with E-state index in [0.29, 0.717) is 29.7 Å². The number of nitrogens with two attached hydrogens (primary N) is 1. The largest absolute Gasteiger partial charge is 0.364 e. The van der Waals surface area contributed by atoms with Gasteiger partial charge in [0.25, 0.3) is 5.91 Å². The zero-order valence-electron chi connectivity index (χ0n) is 24.0. The number of halogens is 1. The molecule has 7 rings (SSSR count). The van der Waals surface area contributed by atoms with Crippen LogP contribution >= 0.6 is 0 Å². The number of carbonyl (C=O) groups excluding carboxylic acids is 3. The lowest BCUT2D eigenvalue weighted by atomic mass is 10.0. The number of hydrogen-bond acceptors (Lipinski definition) is 8. The number of rotatable bonds is 7. The highest BCUT2D eigenvalue weighted by Crippen LogP contribution is 2.33. The third-order valence-electron chi connectivity index (χ3n) is 8.27. The molecule has 3 amide bonds. The van der Waals surface area contributed by atoms with Gasteiger partial charge in [-0.25, -0.2) is 9.37 Å². The molecule has 3 aromatic heterocycles. The number of nitrogens with one attached hydrogen (secondary N) is 1. The molecular formula is C32H28FN9O3. The average Bonchev–Trinajstić information content (AvgIpc) is 3.77. The van der Waals surface area contributed by atoms with Gasteiger partial charge in [-0.2, -0.15) is 15.3 Å². The quantitative estimate of drug-likeness (QED) is 0.287. The number of alkyl halides is 1. The zero-order valence-corrected chi connectivity index (χ0v) is 24.0. The third-order valence-corrected chi connectivity index (χ3v) is 8.27. The summed E-state index contributed by atoms with van der Waals surface area (Å²) in [6.07, 6.45) is 3.39. The van der Waals surface area contributed by atoms with E-state index in [-0.39, 0.29) is 25.2 Å². The number of nitrogens with zero attached hydrogens (tertiary/aromatic N) is 7. The third kappa shape index (κ3) is 5.32. The number of amides is 3. The SMILES string of the molecule is NC(=O)c1nn(CC(=O)N2C[C@H](F)C[C@H]2C(=O)Nc2cccc3c2CN(c2ccccn2)C3)c2ccc(-c3ccnnc3)cc12. The van der Waals surface area contributed by atoms with Crippen molar-refractivity contribution in [2.45, 2.75) is 38.3 Å². The van der Waals surface area contributed by atoms with Crippen molar-refractivity contribution in [3.05, 3.63) is 96.1 Å². The van der Waals surface area contributed by atoms with Crippen molar-refractivity contribution in [2.24, 2.45) is 5.73 Å². The molecule has 1 saturated heterocycles. The molecule has 3 N–H and O–H groups in total. The van der Waals surface area contributed by atoms with E-state index < -0.39 is 29.9 Å². The average molecular weight is 606 g/mol. The van der Waals surface area contributed by atoms with Gasteiger partial charge in [-0.1, -0.05) is 24.3 Å².